The molecule has 0 saturated heterocycles. The summed E-state index contributed by atoms with van der Waals surface area (Å²) in [4.78, 5) is 29.4. The van der Waals surface area contributed by atoms with E-state index >= 15 is 0 Å². The molecule has 1 amide bonds. The fourth-order valence-corrected chi connectivity index (χ4v) is 4.85. The van der Waals surface area contributed by atoms with Crippen molar-refractivity contribution in [3.63, 3.8) is 0 Å². The number of aliphatic hydroxyl groups excluding tert-OH is 1. The smallest absolute Gasteiger partial charge is 0.248 e. The largest absolute Gasteiger partial charge is 0.393 e. The molecule has 6 nitrogen and oxygen atoms in total. The molecule has 0 radical (unpaired) electrons. The molecular formula is C20H25N3O3. The third-order valence-electron chi connectivity index (χ3n) is 6.18. The second-order valence-electron chi connectivity index (χ2n) is 7.97. The van der Waals surface area contributed by atoms with Gasteiger partial charge in [-0.15, -0.1) is 0 Å². The van der Waals surface area contributed by atoms with Gasteiger partial charge in [-0.25, -0.2) is 0 Å². The van der Waals surface area contributed by atoms with E-state index in [1.54, 1.807) is 24.3 Å². The predicted molar refractivity (Wildman–Crippen MR) is 99.8 cm³/mol. The number of hydrogen-bond donors (Lipinski definition) is 3. The standard InChI is InChI=1S/C20H25N3O3/c1-23(15-4-12-6-16(24)7-13(12)5-15)10-14-9-19(25)17-8-11(20(21)26)2-3-18(17)22-14/h2-3,8-9,12-13,15-16,24H,4-7,10H2,1H3,(H2,21,26)(H,22,25)/t12-,13+,15?,16?. The number of nitrogens with two attached hydrogens (primary N) is 1. The molecule has 6 heteroatoms. The summed E-state index contributed by atoms with van der Waals surface area (Å²) >= 11 is 0. The summed E-state index contributed by atoms with van der Waals surface area (Å²) in [6.45, 7) is 0.676. The highest BCUT2D eigenvalue weighted by atomic mass is 16.3. The van der Waals surface area contributed by atoms with Gasteiger partial charge >= 0.3 is 0 Å². The van der Waals surface area contributed by atoms with E-state index in [4.69, 9.17) is 5.73 Å². The van der Waals surface area contributed by atoms with Crippen molar-refractivity contribution in [3.05, 3.63) is 45.7 Å². The topological polar surface area (TPSA) is 99.4 Å². The van der Waals surface area contributed by atoms with Crippen molar-refractivity contribution in [2.45, 2.75) is 44.4 Å². The van der Waals surface area contributed by atoms with Gasteiger partial charge in [0.2, 0.25) is 5.91 Å². The summed E-state index contributed by atoms with van der Waals surface area (Å²) in [7, 11) is 2.10. The highest BCUT2D eigenvalue weighted by Gasteiger charge is 2.42. The summed E-state index contributed by atoms with van der Waals surface area (Å²) in [5.74, 6) is 0.743. The van der Waals surface area contributed by atoms with Crippen LogP contribution in [0.1, 0.15) is 41.7 Å². The molecule has 2 unspecified atom stereocenters. The van der Waals surface area contributed by atoms with Gasteiger partial charge in [0.1, 0.15) is 0 Å². The normalized spacial score (nSPS) is 28.0. The maximum atomic E-state index is 12.5. The molecule has 0 bridgehead atoms. The van der Waals surface area contributed by atoms with Crippen molar-refractivity contribution in [2.75, 3.05) is 7.05 Å². The molecule has 2 aliphatic carbocycles. The number of rotatable bonds is 4. The molecule has 138 valence electrons. The van der Waals surface area contributed by atoms with Gasteiger partial charge in [-0.1, -0.05) is 0 Å². The Labute approximate surface area is 152 Å². The Morgan fingerprint density at radius 3 is 2.58 bits per heavy atom. The van der Waals surface area contributed by atoms with Gasteiger partial charge in [0.15, 0.2) is 5.43 Å². The van der Waals surface area contributed by atoms with Crippen LogP contribution in [-0.2, 0) is 6.54 Å². The maximum Gasteiger partial charge on any atom is 0.248 e. The number of H-pyrrole nitrogens is 1. The Hall–Kier alpha value is -2.18. The number of nitrogens with one attached hydrogen (secondary N) is 1. The second kappa shape index (κ2) is 6.52. The van der Waals surface area contributed by atoms with Crippen LogP contribution in [0.3, 0.4) is 0 Å². The molecule has 4 atom stereocenters. The number of carbonyl (C=O) groups is 1. The first-order chi connectivity index (χ1) is 12.4. The first-order valence-electron chi connectivity index (χ1n) is 9.25. The molecule has 2 aliphatic rings. The van der Waals surface area contributed by atoms with E-state index < -0.39 is 5.91 Å². The molecule has 1 aromatic heterocycles. The summed E-state index contributed by atoms with van der Waals surface area (Å²) in [6.07, 6.45) is 4.00. The van der Waals surface area contributed by atoms with E-state index in [1.807, 2.05) is 0 Å². The molecule has 0 spiro atoms. The van der Waals surface area contributed by atoms with Crippen LogP contribution in [0.5, 0.6) is 0 Å². The molecule has 2 saturated carbocycles. The molecule has 2 aromatic rings. The number of aliphatic hydroxyl groups is 1. The summed E-state index contributed by atoms with van der Waals surface area (Å²) in [5, 5.41) is 10.3. The number of aromatic amines is 1. The molecule has 1 heterocycles. The highest BCUT2D eigenvalue weighted by molar-refractivity contribution is 5.96. The van der Waals surface area contributed by atoms with E-state index in [0.717, 1.165) is 36.9 Å². The summed E-state index contributed by atoms with van der Waals surface area (Å²) in [5.41, 5.74) is 7.12. The maximum absolute atomic E-state index is 12.5. The first kappa shape index (κ1) is 17.2. The number of primary amides is 1. The first-order valence-corrected chi connectivity index (χ1v) is 9.25. The Bertz CT molecular complexity index is 893. The molecular weight excluding hydrogens is 330 g/mol. The monoisotopic (exact) mass is 355 g/mol. The Morgan fingerprint density at radius 1 is 1.23 bits per heavy atom. The van der Waals surface area contributed by atoms with Gasteiger partial charge < -0.3 is 15.8 Å². The zero-order valence-electron chi connectivity index (χ0n) is 14.9. The van der Waals surface area contributed by atoms with E-state index in [9.17, 15) is 14.7 Å². The second-order valence-corrected chi connectivity index (χ2v) is 7.97. The van der Waals surface area contributed by atoms with Crippen LogP contribution >= 0.6 is 0 Å². The fourth-order valence-electron chi connectivity index (χ4n) is 4.85. The molecule has 2 fully saturated rings. The predicted octanol–water partition coefficient (Wildman–Crippen LogP) is 1.61. The van der Waals surface area contributed by atoms with E-state index in [2.05, 4.69) is 16.9 Å². The number of amides is 1. The lowest BCUT2D eigenvalue weighted by Gasteiger charge is -2.25. The number of aromatic nitrogens is 1. The van der Waals surface area contributed by atoms with Gasteiger partial charge in [-0.05, 0) is 62.8 Å². The van der Waals surface area contributed by atoms with E-state index in [-0.39, 0.29) is 11.5 Å². The number of pyridine rings is 1. The van der Waals surface area contributed by atoms with Crippen molar-refractivity contribution < 1.29 is 9.90 Å². The van der Waals surface area contributed by atoms with Crippen molar-refractivity contribution in [2.24, 2.45) is 17.6 Å². The lowest BCUT2D eigenvalue weighted by atomic mass is 10.0. The van der Waals surface area contributed by atoms with Crippen LogP contribution in [0.4, 0.5) is 0 Å². The minimum Gasteiger partial charge on any atom is -0.393 e. The molecule has 26 heavy (non-hydrogen) atoms. The van der Waals surface area contributed by atoms with Crippen LogP contribution in [0.15, 0.2) is 29.1 Å². The average Bonchev–Trinajstić information content (AvgIpc) is 3.12. The van der Waals surface area contributed by atoms with Crippen LogP contribution in [0, 0.1) is 11.8 Å². The van der Waals surface area contributed by atoms with Crippen LogP contribution in [0.2, 0.25) is 0 Å². The number of nitrogens with zero attached hydrogens (tertiary/aromatic N) is 1. The SMILES string of the molecule is CN(Cc1cc(=O)c2cc(C(N)=O)ccc2[nH]1)C1C[C@H]2CC(O)C[C@H]2C1. The van der Waals surface area contributed by atoms with Crippen molar-refractivity contribution in [1.82, 2.24) is 9.88 Å². The van der Waals surface area contributed by atoms with Crippen LogP contribution < -0.4 is 11.2 Å². The highest BCUT2D eigenvalue weighted by Crippen LogP contribution is 2.45. The zero-order chi connectivity index (χ0) is 18.4. The van der Waals surface area contributed by atoms with Crippen LogP contribution in [0.25, 0.3) is 10.9 Å². The number of hydrogen-bond acceptors (Lipinski definition) is 4. The van der Waals surface area contributed by atoms with Gasteiger partial charge in [-0.3, -0.25) is 14.5 Å². The minimum absolute atomic E-state index is 0.100. The molecule has 4 rings (SSSR count). The van der Waals surface area contributed by atoms with E-state index in [0.29, 0.717) is 35.4 Å². The lowest BCUT2D eigenvalue weighted by Crippen LogP contribution is -2.30. The molecule has 4 N–H and O–H groups in total. The van der Waals surface area contributed by atoms with Crippen LogP contribution in [-0.4, -0.2) is 40.1 Å². The van der Waals surface area contributed by atoms with Gasteiger partial charge in [-0.2, -0.15) is 0 Å². The molecule has 1 aromatic carbocycles. The lowest BCUT2D eigenvalue weighted by molar-refractivity contribution is 0.100. The summed E-state index contributed by atoms with van der Waals surface area (Å²) in [6, 6.07) is 7.03. The average molecular weight is 355 g/mol. The minimum atomic E-state index is -0.535. The zero-order valence-corrected chi connectivity index (χ0v) is 14.9. The Balaban J connectivity index is 1.51. The fraction of sp³-hybridized carbons (Fsp3) is 0.500. The number of carbonyl (C=O) groups excluding carboxylic acids is 1. The van der Waals surface area contributed by atoms with Crippen molar-refractivity contribution in [3.8, 4) is 0 Å². The number of fused-ring (bicyclic) bond motifs is 2. The third kappa shape index (κ3) is 3.15. The number of benzene rings is 1. The van der Waals surface area contributed by atoms with Gasteiger partial charge in [0.25, 0.3) is 0 Å². The van der Waals surface area contributed by atoms with Crippen molar-refractivity contribution in [1.29, 1.82) is 0 Å². The molecule has 0 aliphatic heterocycles. The van der Waals surface area contributed by atoms with Gasteiger partial charge in [0, 0.05) is 40.8 Å². The Morgan fingerprint density at radius 2 is 1.92 bits per heavy atom. The van der Waals surface area contributed by atoms with Gasteiger partial charge in [0.05, 0.1) is 6.10 Å². The van der Waals surface area contributed by atoms with E-state index in [1.165, 1.54) is 0 Å². The summed E-state index contributed by atoms with van der Waals surface area (Å²) < 4.78 is 0. The Kier molecular flexibility index (Phi) is 4.32. The quantitative estimate of drug-likeness (QED) is 0.776. The van der Waals surface area contributed by atoms with Crippen molar-refractivity contribution >= 4 is 16.8 Å². The third-order valence-corrected chi connectivity index (χ3v) is 6.18.